The largest absolute Gasteiger partial charge is 0.481 e. The smallest absolute Gasteiger partial charge is 0.261 e. The first-order valence-electron chi connectivity index (χ1n) is 7.98. The Balaban J connectivity index is 2.03. The summed E-state index contributed by atoms with van der Waals surface area (Å²) in [6.45, 7) is 9.86. The SMILES string of the molecule is Cc1ccc(C)c([C@H](C)NC(=O)[C@@H](C)Oc2ccccc2C)c1. The summed E-state index contributed by atoms with van der Waals surface area (Å²) >= 11 is 0. The van der Waals surface area contributed by atoms with Gasteiger partial charge in [0, 0.05) is 0 Å². The van der Waals surface area contributed by atoms with E-state index >= 15 is 0 Å². The molecule has 2 aromatic rings. The average Bonchev–Trinajstić information content (AvgIpc) is 2.51. The van der Waals surface area contributed by atoms with Gasteiger partial charge in [0.15, 0.2) is 6.10 Å². The van der Waals surface area contributed by atoms with Crippen molar-refractivity contribution in [2.24, 2.45) is 0 Å². The van der Waals surface area contributed by atoms with Crippen LogP contribution in [0.25, 0.3) is 0 Å². The molecule has 1 N–H and O–H groups in total. The van der Waals surface area contributed by atoms with Crippen molar-refractivity contribution in [1.29, 1.82) is 0 Å². The van der Waals surface area contributed by atoms with Crippen LogP contribution in [-0.2, 0) is 4.79 Å². The van der Waals surface area contributed by atoms with E-state index in [-0.39, 0.29) is 11.9 Å². The summed E-state index contributed by atoms with van der Waals surface area (Å²) in [7, 11) is 0. The average molecular weight is 311 g/mol. The van der Waals surface area contributed by atoms with Gasteiger partial charge in [-0.2, -0.15) is 0 Å². The number of hydrogen-bond acceptors (Lipinski definition) is 2. The van der Waals surface area contributed by atoms with Crippen molar-refractivity contribution in [1.82, 2.24) is 5.32 Å². The van der Waals surface area contributed by atoms with Gasteiger partial charge in [-0.15, -0.1) is 0 Å². The third kappa shape index (κ3) is 4.35. The van der Waals surface area contributed by atoms with Crippen LogP contribution in [0.3, 0.4) is 0 Å². The molecule has 0 bridgehead atoms. The minimum absolute atomic E-state index is 0.0506. The molecule has 0 aromatic heterocycles. The van der Waals surface area contributed by atoms with Gasteiger partial charge >= 0.3 is 0 Å². The summed E-state index contributed by atoms with van der Waals surface area (Å²) in [5, 5.41) is 3.04. The summed E-state index contributed by atoms with van der Waals surface area (Å²) in [5.74, 6) is 0.635. The number of benzene rings is 2. The van der Waals surface area contributed by atoms with Crippen LogP contribution in [0.2, 0.25) is 0 Å². The molecule has 0 spiro atoms. The molecule has 0 heterocycles. The van der Waals surface area contributed by atoms with Crippen LogP contribution in [0.4, 0.5) is 0 Å². The molecule has 0 aliphatic rings. The van der Waals surface area contributed by atoms with Crippen molar-refractivity contribution in [3.05, 3.63) is 64.7 Å². The molecule has 0 aliphatic heterocycles. The Bertz CT molecular complexity index is 694. The monoisotopic (exact) mass is 311 g/mol. The normalized spacial score (nSPS) is 13.3. The number of amides is 1. The number of rotatable bonds is 5. The lowest BCUT2D eigenvalue weighted by atomic mass is 10.00. The molecule has 2 aromatic carbocycles. The van der Waals surface area contributed by atoms with Gasteiger partial charge in [-0.1, -0.05) is 42.0 Å². The van der Waals surface area contributed by atoms with Crippen molar-refractivity contribution in [2.75, 3.05) is 0 Å². The Hall–Kier alpha value is -2.29. The van der Waals surface area contributed by atoms with Crippen molar-refractivity contribution in [3.63, 3.8) is 0 Å². The maximum Gasteiger partial charge on any atom is 0.261 e. The second-order valence-electron chi connectivity index (χ2n) is 6.12. The molecule has 0 aliphatic carbocycles. The molecule has 0 saturated carbocycles. The number of ether oxygens (including phenoxy) is 1. The molecule has 0 fully saturated rings. The van der Waals surface area contributed by atoms with Crippen LogP contribution in [0.15, 0.2) is 42.5 Å². The van der Waals surface area contributed by atoms with Crippen LogP contribution >= 0.6 is 0 Å². The van der Waals surface area contributed by atoms with Gasteiger partial charge in [0.2, 0.25) is 0 Å². The third-order valence-corrected chi connectivity index (χ3v) is 4.03. The predicted octanol–water partition coefficient (Wildman–Crippen LogP) is 4.26. The fourth-order valence-electron chi connectivity index (χ4n) is 2.57. The molecule has 2 rings (SSSR count). The van der Waals surface area contributed by atoms with Gasteiger partial charge in [-0.25, -0.2) is 0 Å². The zero-order valence-electron chi connectivity index (χ0n) is 14.5. The zero-order chi connectivity index (χ0) is 17.0. The van der Waals surface area contributed by atoms with Crippen molar-refractivity contribution < 1.29 is 9.53 Å². The lowest BCUT2D eigenvalue weighted by Gasteiger charge is -2.21. The predicted molar refractivity (Wildman–Crippen MR) is 93.7 cm³/mol. The van der Waals surface area contributed by atoms with Gasteiger partial charge in [0.25, 0.3) is 5.91 Å². The molecule has 0 radical (unpaired) electrons. The summed E-state index contributed by atoms with van der Waals surface area (Å²) < 4.78 is 5.79. The van der Waals surface area contributed by atoms with E-state index in [1.54, 1.807) is 6.92 Å². The highest BCUT2D eigenvalue weighted by molar-refractivity contribution is 5.81. The molecule has 23 heavy (non-hydrogen) atoms. The quantitative estimate of drug-likeness (QED) is 0.896. The van der Waals surface area contributed by atoms with Crippen molar-refractivity contribution >= 4 is 5.91 Å². The zero-order valence-corrected chi connectivity index (χ0v) is 14.5. The van der Waals surface area contributed by atoms with Crippen molar-refractivity contribution in [2.45, 2.75) is 46.8 Å². The second kappa shape index (κ2) is 7.32. The van der Waals surface area contributed by atoms with E-state index < -0.39 is 6.10 Å². The first kappa shape index (κ1) is 17.1. The van der Waals surface area contributed by atoms with E-state index in [0.29, 0.717) is 0 Å². The molecule has 3 nitrogen and oxygen atoms in total. The first-order valence-corrected chi connectivity index (χ1v) is 7.98. The van der Waals surface area contributed by atoms with E-state index in [1.807, 2.05) is 38.1 Å². The molecule has 1 amide bonds. The van der Waals surface area contributed by atoms with E-state index in [4.69, 9.17) is 4.74 Å². The highest BCUT2D eigenvalue weighted by Gasteiger charge is 2.19. The topological polar surface area (TPSA) is 38.3 Å². The van der Waals surface area contributed by atoms with Gasteiger partial charge in [0.1, 0.15) is 5.75 Å². The third-order valence-electron chi connectivity index (χ3n) is 4.03. The number of carbonyl (C=O) groups is 1. The molecule has 2 atom stereocenters. The first-order chi connectivity index (χ1) is 10.9. The van der Waals surface area contributed by atoms with E-state index in [1.165, 1.54) is 11.1 Å². The summed E-state index contributed by atoms with van der Waals surface area (Å²) in [5.41, 5.74) is 4.53. The summed E-state index contributed by atoms with van der Waals surface area (Å²) in [6, 6.07) is 13.9. The fraction of sp³-hybridized carbons (Fsp3) is 0.350. The van der Waals surface area contributed by atoms with Crippen molar-refractivity contribution in [3.8, 4) is 5.75 Å². The van der Waals surface area contributed by atoms with Crippen LogP contribution in [0, 0.1) is 20.8 Å². The molecule has 3 heteroatoms. The minimum Gasteiger partial charge on any atom is -0.481 e. The molecule has 0 unspecified atom stereocenters. The summed E-state index contributed by atoms with van der Waals surface area (Å²) in [4.78, 5) is 12.4. The van der Waals surface area contributed by atoms with Gasteiger partial charge < -0.3 is 10.1 Å². The Morgan fingerprint density at radius 3 is 2.39 bits per heavy atom. The van der Waals surface area contributed by atoms with Gasteiger partial charge in [-0.3, -0.25) is 4.79 Å². The highest BCUT2D eigenvalue weighted by atomic mass is 16.5. The molecular weight excluding hydrogens is 286 g/mol. The number of nitrogens with one attached hydrogen (secondary N) is 1. The van der Waals surface area contributed by atoms with E-state index in [9.17, 15) is 4.79 Å². The van der Waals surface area contributed by atoms with Gasteiger partial charge in [-0.05, 0) is 57.4 Å². The van der Waals surface area contributed by atoms with Crippen LogP contribution in [-0.4, -0.2) is 12.0 Å². The maximum atomic E-state index is 12.4. The molecule has 122 valence electrons. The van der Waals surface area contributed by atoms with E-state index in [0.717, 1.165) is 16.9 Å². The standard InChI is InChI=1S/C20H25NO2/c1-13-10-11-14(2)18(12-13)16(4)21-20(22)17(5)23-19-9-7-6-8-15(19)3/h6-12,16-17H,1-5H3,(H,21,22)/t16-,17+/m0/s1. The number of para-hydroxylation sites is 1. The van der Waals surface area contributed by atoms with Crippen LogP contribution in [0.5, 0.6) is 5.75 Å². The Morgan fingerprint density at radius 1 is 1.00 bits per heavy atom. The minimum atomic E-state index is -0.538. The lowest BCUT2D eigenvalue weighted by Crippen LogP contribution is -2.38. The molecule has 0 saturated heterocycles. The summed E-state index contributed by atoms with van der Waals surface area (Å²) in [6.07, 6.45) is -0.538. The highest BCUT2D eigenvalue weighted by Crippen LogP contribution is 2.20. The number of carbonyl (C=O) groups excluding carboxylic acids is 1. The Kier molecular flexibility index (Phi) is 5.43. The molecular formula is C20H25NO2. The second-order valence-corrected chi connectivity index (χ2v) is 6.12. The van der Waals surface area contributed by atoms with Crippen LogP contribution in [0.1, 0.15) is 42.1 Å². The van der Waals surface area contributed by atoms with E-state index in [2.05, 4.69) is 37.4 Å². The Labute approximate surface area is 138 Å². The maximum absolute atomic E-state index is 12.4. The fourth-order valence-corrected chi connectivity index (χ4v) is 2.57. The lowest BCUT2D eigenvalue weighted by molar-refractivity contribution is -0.127. The van der Waals surface area contributed by atoms with Gasteiger partial charge in [0.05, 0.1) is 6.04 Å². The Morgan fingerprint density at radius 2 is 1.70 bits per heavy atom. The number of aryl methyl sites for hydroxylation is 3. The van der Waals surface area contributed by atoms with Crippen LogP contribution < -0.4 is 10.1 Å². The number of hydrogen-bond donors (Lipinski definition) is 1.